The monoisotopic (exact) mass is 546 g/mol. The Morgan fingerprint density at radius 2 is 1.30 bits per heavy atom. The second-order valence-corrected chi connectivity index (χ2v) is 12.9. The molecule has 37 heavy (non-hydrogen) atoms. The van der Waals surface area contributed by atoms with Crippen LogP contribution in [0.25, 0.3) is 0 Å². The number of ether oxygens (including phenoxy) is 1. The van der Waals surface area contributed by atoms with Crippen LogP contribution in [0.3, 0.4) is 0 Å². The Labute approximate surface area is 227 Å². The molecule has 8 heteroatoms. The van der Waals surface area contributed by atoms with E-state index in [1.165, 1.54) is 57.8 Å². The average Bonchev–Trinajstić information content (AvgIpc) is 2.82. The quantitative estimate of drug-likeness (QED) is 0.0440. The van der Waals surface area contributed by atoms with Crippen LogP contribution in [0, 0.1) is 0 Å². The number of unbranched alkanes of at least 4 members (excludes halogenated alkanes) is 10. The molecule has 0 aromatic heterocycles. The van der Waals surface area contributed by atoms with Crippen molar-refractivity contribution in [1.29, 1.82) is 0 Å². The molecule has 218 valence electrons. The molecule has 0 aromatic rings. The molecule has 0 aliphatic heterocycles. The summed E-state index contributed by atoms with van der Waals surface area (Å²) in [5.74, 6) is -0.942. The van der Waals surface area contributed by atoms with Crippen LogP contribution in [-0.2, 0) is 18.6 Å². The second-order valence-electron chi connectivity index (χ2n) is 10.9. The molecule has 0 saturated heterocycles. The second kappa shape index (κ2) is 21.9. The Kier molecular flexibility index (Phi) is 21.3. The summed E-state index contributed by atoms with van der Waals surface area (Å²) in [4.78, 5) is 22.1. The van der Waals surface area contributed by atoms with E-state index in [9.17, 15) is 19.4 Å². The van der Waals surface area contributed by atoms with Gasteiger partial charge in [-0.1, -0.05) is 70.3 Å². The smallest absolute Gasteiger partial charge is 0.385 e. The Bertz CT molecular complexity index is 674. The highest BCUT2D eigenvalue weighted by Gasteiger charge is 2.41. The van der Waals surface area contributed by atoms with E-state index in [0.717, 1.165) is 25.7 Å². The first-order valence-corrected chi connectivity index (χ1v) is 16.1. The van der Waals surface area contributed by atoms with Crippen molar-refractivity contribution in [3.63, 3.8) is 0 Å². The number of esters is 1. The molecule has 2 unspecified atom stereocenters. The highest BCUT2D eigenvalue weighted by atomic mass is 31.2. The molecule has 0 rings (SSSR count). The van der Waals surface area contributed by atoms with Crippen LogP contribution in [0.4, 0.5) is 0 Å². The highest BCUT2D eigenvalue weighted by Crippen LogP contribution is 2.51. The van der Waals surface area contributed by atoms with Gasteiger partial charge in [0.15, 0.2) is 5.78 Å². The summed E-state index contributed by atoms with van der Waals surface area (Å²) >= 11 is 0. The number of aliphatic hydroxyl groups excluding tert-OH is 1. The van der Waals surface area contributed by atoms with E-state index in [4.69, 9.17) is 9.26 Å². The van der Waals surface area contributed by atoms with Crippen LogP contribution < -0.4 is 0 Å². The number of rotatable bonds is 24. The van der Waals surface area contributed by atoms with Gasteiger partial charge < -0.3 is 23.7 Å². The molecule has 0 spiro atoms. The minimum Gasteiger partial charge on any atom is -0.463 e. The summed E-state index contributed by atoms with van der Waals surface area (Å²) < 4.78 is 23.0. The fourth-order valence-electron chi connectivity index (χ4n) is 4.21. The van der Waals surface area contributed by atoms with Crippen molar-refractivity contribution in [2.24, 2.45) is 0 Å². The van der Waals surface area contributed by atoms with Crippen LogP contribution >= 0.6 is 7.60 Å². The summed E-state index contributed by atoms with van der Waals surface area (Å²) in [5.41, 5.74) is 0. The molecule has 7 nitrogen and oxygen atoms in total. The molecule has 2 N–H and O–H groups in total. The van der Waals surface area contributed by atoms with Crippen LogP contribution in [0.15, 0.2) is 24.3 Å². The third kappa shape index (κ3) is 20.6. The first kappa shape index (κ1) is 36.0. The van der Waals surface area contributed by atoms with Crippen molar-refractivity contribution in [1.82, 2.24) is 0 Å². The number of carbonyl (C=O) groups is 1. The van der Waals surface area contributed by atoms with Crippen LogP contribution in [0.1, 0.15) is 110 Å². The lowest BCUT2D eigenvalue weighted by Crippen LogP contribution is -2.45. The first-order valence-electron chi connectivity index (χ1n) is 14.5. The molecule has 3 atom stereocenters. The first-order chi connectivity index (χ1) is 17.5. The van der Waals surface area contributed by atoms with Crippen molar-refractivity contribution in [3.8, 4) is 0 Å². The van der Waals surface area contributed by atoms with Crippen molar-refractivity contribution >= 4 is 13.6 Å². The Morgan fingerprint density at radius 1 is 0.811 bits per heavy atom. The molecule has 0 aromatic carbocycles. The number of carbonyl (C=O) groups excluding carboxylic acids is 1. The SMILES string of the molecule is CCC/C=C\CCCC/C=C\CCCCCCCCC(=O)OC[C@@H](O)COP(=O)(O)C(CC)[N+](C)(C)C. The molecule has 0 aliphatic rings. The van der Waals surface area contributed by atoms with E-state index in [2.05, 4.69) is 31.2 Å². The van der Waals surface area contributed by atoms with Crippen molar-refractivity contribution < 1.29 is 33.1 Å². The number of aliphatic hydroxyl groups is 1. The van der Waals surface area contributed by atoms with E-state index >= 15 is 0 Å². The molecule has 0 fully saturated rings. The minimum atomic E-state index is -3.91. The molecule has 0 saturated carbocycles. The molecule has 0 amide bonds. The number of quaternary nitrogens is 1. The van der Waals surface area contributed by atoms with Crippen LogP contribution in [0.2, 0.25) is 0 Å². The maximum Gasteiger partial charge on any atom is 0.385 e. The Hall–Kier alpha value is -0.980. The third-order valence-corrected chi connectivity index (χ3v) is 8.64. The maximum absolute atomic E-state index is 12.5. The molecule has 0 bridgehead atoms. The zero-order valence-corrected chi connectivity index (χ0v) is 25.3. The van der Waals surface area contributed by atoms with Gasteiger partial charge in [-0.15, -0.1) is 0 Å². The van der Waals surface area contributed by atoms with Crippen LogP contribution in [-0.4, -0.2) is 66.7 Å². The van der Waals surface area contributed by atoms with Gasteiger partial charge in [0.05, 0.1) is 27.7 Å². The number of allylic oxidation sites excluding steroid dienone is 4. The van der Waals surface area contributed by atoms with E-state index in [0.29, 0.717) is 12.8 Å². The minimum absolute atomic E-state index is 0.233. The summed E-state index contributed by atoms with van der Waals surface area (Å²) in [6, 6.07) is 0. The van der Waals surface area contributed by atoms with Gasteiger partial charge in [0.25, 0.3) is 0 Å². The van der Waals surface area contributed by atoms with E-state index < -0.39 is 19.5 Å². The van der Waals surface area contributed by atoms with Gasteiger partial charge in [0.2, 0.25) is 0 Å². The Balaban J connectivity index is 3.69. The molecular formula is C29H57NO6P+. The predicted molar refractivity (Wildman–Crippen MR) is 153 cm³/mol. The number of hydrogen-bond donors (Lipinski definition) is 2. The van der Waals surface area contributed by atoms with Gasteiger partial charge in [-0.2, -0.15) is 0 Å². The fraction of sp³-hybridized carbons (Fsp3) is 0.828. The van der Waals surface area contributed by atoms with Gasteiger partial charge in [-0.05, 0) is 51.4 Å². The van der Waals surface area contributed by atoms with Crippen molar-refractivity contribution in [2.75, 3.05) is 34.4 Å². The Morgan fingerprint density at radius 3 is 1.81 bits per heavy atom. The van der Waals surface area contributed by atoms with Crippen LogP contribution in [0.5, 0.6) is 0 Å². The normalized spacial score (nSPS) is 15.8. The average molecular weight is 547 g/mol. The van der Waals surface area contributed by atoms with Gasteiger partial charge in [-0.3, -0.25) is 9.36 Å². The van der Waals surface area contributed by atoms with Crippen molar-refractivity contribution in [3.05, 3.63) is 24.3 Å². The summed E-state index contributed by atoms with van der Waals surface area (Å²) in [6.45, 7) is 3.46. The van der Waals surface area contributed by atoms with Gasteiger partial charge in [0, 0.05) is 12.8 Å². The standard InChI is InChI=1S/C29H56NO6P/c1-6-8-9-10-11-12-13-14-15-16-17-18-19-20-21-22-23-24-29(32)35-25-27(31)26-36-37(33,34)28(7-2)30(3,4)5/h9-10,15-16,27-28,31H,6-8,11-14,17-26H2,1-5H3/p+1/b10-9-,16-15-/t27-,28?/m1/s1. The van der Waals surface area contributed by atoms with E-state index in [1.807, 2.05) is 28.1 Å². The lowest BCUT2D eigenvalue weighted by atomic mass is 10.1. The van der Waals surface area contributed by atoms with E-state index in [-0.39, 0.29) is 23.7 Å². The number of nitrogens with zero attached hydrogens (tertiary/aromatic N) is 1. The lowest BCUT2D eigenvalue weighted by molar-refractivity contribution is -0.883. The molecule has 0 aliphatic carbocycles. The zero-order chi connectivity index (χ0) is 28.0. The van der Waals surface area contributed by atoms with E-state index in [1.54, 1.807) is 0 Å². The highest BCUT2D eigenvalue weighted by molar-refractivity contribution is 7.53. The lowest BCUT2D eigenvalue weighted by Gasteiger charge is -2.35. The van der Waals surface area contributed by atoms with Gasteiger partial charge >= 0.3 is 13.6 Å². The fourth-order valence-corrected chi connectivity index (χ4v) is 6.10. The third-order valence-electron chi connectivity index (χ3n) is 6.31. The topological polar surface area (TPSA) is 93.1 Å². The number of hydrogen-bond acceptors (Lipinski definition) is 5. The molecular weight excluding hydrogens is 489 g/mol. The summed E-state index contributed by atoms with van der Waals surface area (Å²) in [6.07, 6.45) is 23.9. The predicted octanol–water partition coefficient (Wildman–Crippen LogP) is 7.13. The summed E-state index contributed by atoms with van der Waals surface area (Å²) in [7, 11) is 1.57. The van der Waals surface area contributed by atoms with Crippen molar-refractivity contribution in [2.45, 2.75) is 122 Å². The zero-order valence-electron chi connectivity index (χ0n) is 24.4. The van der Waals surface area contributed by atoms with Gasteiger partial charge in [0.1, 0.15) is 12.7 Å². The van der Waals surface area contributed by atoms with Gasteiger partial charge in [-0.25, -0.2) is 0 Å². The summed E-state index contributed by atoms with van der Waals surface area (Å²) in [5, 5.41) is 9.99. The largest absolute Gasteiger partial charge is 0.463 e. The molecule has 0 radical (unpaired) electrons. The molecule has 0 heterocycles. The maximum atomic E-state index is 12.5.